The van der Waals surface area contributed by atoms with Crippen molar-refractivity contribution in [2.45, 2.75) is 12.5 Å². The molecule has 0 aromatic heterocycles. The van der Waals surface area contributed by atoms with Crippen LogP contribution in [-0.4, -0.2) is 17.2 Å². The molecule has 122 valence electrons. The molecule has 1 N–H and O–H groups in total. The number of hydrogen-bond donors (Lipinski definition) is 1. The lowest BCUT2D eigenvalue weighted by atomic mass is 10.1. The molecule has 5 heteroatoms. The van der Waals surface area contributed by atoms with E-state index in [1.807, 2.05) is 36.4 Å². The van der Waals surface area contributed by atoms with Gasteiger partial charge in [0.25, 0.3) is 0 Å². The number of carbonyl (C=O) groups is 1. The van der Waals surface area contributed by atoms with Gasteiger partial charge in [0.2, 0.25) is 0 Å². The Morgan fingerprint density at radius 3 is 2.50 bits per heavy atom. The number of aliphatic carboxylic acids is 1. The van der Waals surface area contributed by atoms with Crippen LogP contribution in [-0.2, 0) is 11.2 Å². The zero-order valence-corrected chi connectivity index (χ0v) is 14.1. The molecule has 0 fully saturated rings. The Hall–Kier alpha value is -2.23. The monoisotopic (exact) mass is 360 g/mol. The van der Waals surface area contributed by atoms with Crippen molar-refractivity contribution in [3.05, 3.63) is 76.3 Å². The van der Waals surface area contributed by atoms with Gasteiger partial charge >= 0.3 is 5.97 Å². The second-order valence-electron chi connectivity index (χ2n) is 5.37. The molecule has 3 aromatic carbocycles. The van der Waals surface area contributed by atoms with E-state index in [-0.39, 0.29) is 6.42 Å². The number of benzene rings is 3. The van der Waals surface area contributed by atoms with Gasteiger partial charge in [0.05, 0.1) is 10.0 Å². The van der Waals surface area contributed by atoms with Gasteiger partial charge in [-0.05, 0) is 34.5 Å². The lowest BCUT2D eigenvalue weighted by molar-refractivity contribution is -0.145. The number of fused-ring (bicyclic) bond motifs is 1. The molecule has 1 unspecified atom stereocenters. The average Bonchev–Trinajstić information content (AvgIpc) is 2.58. The molecule has 24 heavy (non-hydrogen) atoms. The van der Waals surface area contributed by atoms with Crippen LogP contribution in [0.25, 0.3) is 10.8 Å². The van der Waals surface area contributed by atoms with Crippen LogP contribution in [0.15, 0.2) is 60.7 Å². The Morgan fingerprint density at radius 1 is 1.00 bits per heavy atom. The van der Waals surface area contributed by atoms with Crippen LogP contribution in [0.4, 0.5) is 0 Å². The maximum Gasteiger partial charge on any atom is 0.345 e. The first-order chi connectivity index (χ1) is 11.5. The highest BCUT2D eigenvalue weighted by Gasteiger charge is 2.22. The van der Waals surface area contributed by atoms with Gasteiger partial charge in [0.15, 0.2) is 6.10 Å². The number of ether oxygens (including phenoxy) is 1. The van der Waals surface area contributed by atoms with E-state index in [4.69, 9.17) is 27.9 Å². The number of hydrogen-bond acceptors (Lipinski definition) is 2. The maximum absolute atomic E-state index is 11.6. The van der Waals surface area contributed by atoms with Crippen molar-refractivity contribution in [3.63, 3.8) is 0 Å². The van der Waals surface area contributed by atoms with E-state index < -0.39 is 12.1 Å². The minimum atomic E-state index is -1.06. The summed E-state index contributed by atoms with van der Waals surface area (Å²) >= 11 is 12.1. The molecule has 1 atom stereocenters. The van der Waals surface area contributed by atoms with Gasteiger partial charge in [0, 0.05) is 6.42 Å². The van der Waals surface area contributed by atoms with Crippen molar-refractivity contribution >= 4 is 39.9 Å². The van der Waals surface area contributed by atoms with Gasteiger partial charge in [-0.15, -0.1) is 0 Å². The Balaban J connectivity index is 1.85. The summed E-state index contributed by atoms with van der Waals surface area (Å²) in [6, 6.07) is 18.4. The van der Waals surface area contributed by atoms with Gasteiger partial charge in [-0.3, -0.25) is 0 Å². The molecule has 0 spiro atoms. The van der Waals surface area contributed by atoms with Crippen LogP contribution in [0.5, 0.6) is 5.75 Å². The fraction of sp³-hybridized carbons (Fsp3) is 0.105. The van der Waals surface area contributed by atoms with Gasteiger partial charge in [-0.1, -0.05) is 65.7 Å². The third-order valence-corrected chi connectivity index (χ3v) is 4.57. The SMILES string of the molecule is O=C(O)C(Cc1cccc(Cl)c1Cl)Oc1ccc2ccccc2c1. The van der Waals surface area contributed by atoms with Gasteiger partial charge < -0.3 is 9.84 Å². The number of rotatable bonds is 5. The topological polar surface area (TPSA) is 46.5 Å². The van der Waals surface area contributed by atoms with E-state index in [9.17, 15) is 9.90 Å². The van der Waals surface area contributed by atoms with E-state index >= 15 is 0 Å². The van der Waals surface area contributed by atoms with Crippen molar-refractivity contribution in [2.24, 2.45) is 0 Å². The Kier molecular flexibility index (Phi) is 4.93. The summed E-state index contributed by atoms with van der Waals surface area (Å²) in [6.07, 6.45) is -0.927. The predicted octanol–water partition coefficient (Wildman–Crippen LogP) is 5.22. The first-order valence-electron chi connectivity index (χ1n) is 7.36. The van der Waals surface area contributed by atoms with Crippen LogP contribution < -0.4 is 4.74 Å². The molecule has 3 aromatic rings. The molecular formula is C19H14Cl2O3. The van der Waals surface area contributed by atoms with Crippen molar-refractivity contribution in [2.75, 3.05) is 0 Å². The average molecular weight is 361 g/mol. The Bertz CT molecular complexity index is 893. The highest BCUT2D eigenvalue weighted by Crippen LogP contribution is 2.28. The van der Waals surface area contributed by atoms with Gasteiger partial charge in [0.1, 0.15) is 5.75 Å². The summed E-state index contributed by atoms with van der Waals surface area (Å²) < 4.78 is 5.68. The van der Waals surface area contributed by atoms with Crippen LogP contribution in [0.1, 0.15) is 5.56 Å². The van der Waals surface area contributed by atoms with Crippen molar-refractivity contribution in [1.82, 2.24) is 0 Å². The highest BCUT2D eigenvalue weighted by molar-refractivity contribution is 6.42. The van der Waals surface area contributed by atoms with Gasteiger partial charge in [-0.2, -0.15) is 0 Å². The Morgan fingerprint density at radius 2 is 1.75 bits per heavy atom. The summed E-state index contributed by atoms with van der Waals surface area (Å²) in [5.74, 6) is -0.557. The lowest BCUT2D eigenvalue weighted by Crippen LogP contribution is -2.29. The summed E-state index contributed by atoms with van der Waals surface area (Å²) in [5.41, 5.74) is 0.636. The van der Waals surface area contributed by atoms with Crippen molar-refractivity contribution < 1.29 is 14.6 Å². The second kappa shape index (κ2) is 7.12. The largest absolute Gasteiger partial charge is 0.478 e. The van der Waals surface area contributed by atoms with E-state index in [1.165, 1.54) is 0 Å². The molecule has 0 saturated carbocycles. The lowest BCUT2D eigenvalue weighted by Gasteiger charge is -2.16. The van der Waals surface area contributed by atoms with E-state index in [0.29, 0.717) is 21.4 Å². The summed E-state index contributed by atoms with van der Waals surface area (Å²) in [5, 5.41) is 12.3. The first kappa shape index (κ1) is 16.6. The molecule has 0 aliphatic heterocycles. The molecule has 0 amide bonds. The minimum Gasteiger partial charge on any atom is -0.478 e. The fourth-order valence-electron chi connectivity index (χ4n) is 2.49. The number of carboxylic acid groups (broad SMARTS) is 1. The predicted molar refractivity (Wildman–Crippen MR) is 96.2 cm³/mol. The quantitative estimate of drug-likeness (QED) is 0.678. The molecule has 0 aliphatic rings. The normalized spacial score (nSPS) is 12.1. The fourth-order valence-corrected chi connectivity index (χ4v) is 2.89. The van der Waals surface area contributed by atoms with Crippen LogP contribution in [0.2, 0.25) is 10.0 Å². The number of carboxylic acids is 1. The van der Waals surface area contributed by atoms with Crippen LogP contribution >= 0.6 is 23.2 Å². The summed E-state index contributed by atoms with van der Waals surface area (Å²) in [6.45, 7) is 0. The van der Waals surface area contributed by atoms with E-state index in [0.717, 1.165) is 10.8 Å². The molecule has 0 saturated heterocycles. The zero-order valence-electron chi connectivity index (χ0n) is 12.6. The molecule has 3 nitrogen and oxygen atoms in total. The van der Waals surface area contributed by atoms with E-state index in [2.05, 4.69) is 0 Å². The first-order valence-corrected chi connectivity index (χ1v) is 8.11. The molecular weight excluding hydrogens is 347 g/mol. The van der Waals surface area contributed by atoms with Gasteiger partial charge in [-0.25, -0.2) is 4.79 Å². The van der Waals surface area contributed by atoms with Crippen molar-refractivity contribution in [3.8, 4) is 5.75 Å². The maximum atomic E-state index is 11.6. The standard InChI is InChI=1S/C19H14Cl2O3/c20-16-7-3-6-14(18(16)21)11-17(19(22)23)24-15-9-8-12-4-1-2-5-13(12)10-15/h1-10,17H,11H2,(H,22,23). The molecule has 0 radical (unpaired) electrons. The summed E-state index contributed by atoms with van der Waals surface area (Å²) in [4.78, 5) is 11.6. The molecule has 3 rings (SSSR count). The minimum absolute atomic E-state index is 0.127. The zero-order chi connectivity index (χ0) is 17.1. The molecule has 0 heterocycles. The molecule has 0 bridgehead atoms. The van der Waals surface area contributed by atoms with Crippen molar-refractivity contribution in [1.29, 1.82) is 0 Å². The smallest absolute Gasteiger partial charge is 0.345 e. The Labute approximate surface area is 149 Å². The third-order valence-electron chi connectivity index (χ3n) is 3.71. The van der Waals surface area contributed by atoms with E-state index in [1.54, 1.807) is 24.3 Å². The third kappa shape index (κ3) is 3.64. The van der Waals surface area contributed by atoms with Crippen LogP contribution in [0, 0.1) is 0 Å². The molecule has 0 aliphatic carbocycles. The second-order valence-corrected chi connectivity index (χ2v) is 6.16. The van der Waals surface area contributed by atoms with Crippen LogP contribution in [0.3, 0.4) is 0 Å². The number of halogens is 2. The summed E-state index contributed by atoms with van der Waals surface area (Å²) in [7, 11) is 0. The highest BCUT2D eigenvalue weighted by atomic mass is 35.5.